The van der Waals surface area contributed by atoms with Gasteiger partial charge in [0.25, 0.3) is 0 Å². The molecule has 60 valence electrons. The molecule has 2 aliphatic rings. The first-order valence-corrected chi connectivity index (χ1v) is 4.66. The summed E-state index contributed by atoms with van der Waals surface area (Å²) in [6, 6.07) is 0. The van der Waals surface area contributed by atoms with E-state index in [-0.39, 0.29) is 0 Å². The second kappa shape index (κ2) is 2.51. The minimum atomic E-state index is 0.900. The molecule has 0 spiro atoms. The fourth-order valence-corrected chi connectivity index (χ4v) is 2.13. The van der Waals surface area contributed by atoms with E-state index in [0.29, 0.717) is 0 Å². The summed E-state index contributed by atoms with van der Waals surface area (Å²) in [7, 11) is 0. The van der Waals surface area contributed by atoms with Crippen molar-refractivity contribution in [1.82, 2.24) is 0 Å². The van der Waals surface area contributed by atoms with Gasteiger partial charge in [0.15, 0.2) is 0 Å². The lowest BCUT2D eigenvalue weighted by Crippen LogP contribution is -2.15. The van der Waals surface area contributed by atoms with E-state index in [0.717, 1.165) is 11.8 Å². The summed E-state index contributed by atoms with van der Waals surface area (Å²) in [5, 5.41) is 0. The molecule has 0 aromatic carbocycles. The average molecular weight is 148 g/mol. The van der Waals surface area contributed by atoms with E-state index < -0.39 is 0 Å². The van der Waals surface area contributed by atoms with Crippen LogP contribution in [0.1, 0.15) is 33.1 Å². The number of hydrogen-bond donors (Lipinski definition) is 0. The molecule has 0 aromatic rings. The van der Waals surface area contributed by atoms with Gasteiger partial charge in [-0.15, -0.1) is 0 Å². The molecule has 0 nitrogen and oxygen atoms in total. The predicted molar refractivity (Wildman–Crippen MR) is 48.3 cm³/mol. The van der Waals surface area contributed by atoms with Crippen LogP contribution in [0.2, 0.25) is 0 Å². The Hall–Kier alpha value is -0.520. The van der Waals surface area contributed by atoms with Gasteiger partial charge in [-0.3, -0.25) is 0 Å². The SMILES string of the molecule is C[C@@H]1CC2=CCC=C2C[C@@H]1C. The molecule has 0 N–H and O–H groups in total. The van der Waals surface area contributed by atoms with Crippen LogP contribution in [-0.2, 0) is 0 Å². The van der Waals surface area contributed by atoms with Gasteiger partial charge >= 0.3 is 0 Å². The minimum Gasteiger partial charge on any atom is -0.0772 e. The lowest BCUT2D eigenvalue weighted by Gasteiger charge is -2.28. The van der Waals surface area contributed by atoms with Gasteiger partial charge in [-0.1, -0.05) is 26.0 Å². The van der Waals surface area contributed by atoms with Crippen molar-refractivity contribution in [3.8, 4) is 0 Å². The molecule has 0 bridgehead atoms. The molecule has 0 aromatic heterocycles. The fraction of sp³-hybridized carbons (Fsp3) is 0.636. The Morgan fingerprint density at radius 3 is 1.91 bits per heavy atom. The second-order valence-corrected chi connectivity index (χ2v) is 4.06. The van der Waals surface area contributed by atoms with Gasteiger partial charge in [-0.25, -0.2) is 0 Å². The molecule has 2 rings (SSSR count). The lowest BCUT2D eigenvalue weighted by atomic mass is 9.77. The Balaban J connectivity index is 2.19. The highest BCUT2D eigenvalue weighted by atomic mass is 14.3. The van der Waals surface area contributed by atoms with Crippen LogP contribution in [0.15, 0.2) is 23.3 Å². The van der Waals surface area contributed by atoms with Gasteiger partial charge in [0.05, 0.1) is 0 Å². The normalized spacial score (nSPS) is 36.2. The smallest absolute Gasteiger partial charge is 0.0157 e. The van der Waals surface area contributed by atoms with Gasteiger partial charge < -0.3 is 0 Å². The number of hydrogen-bond acceptors (Lipinski definition) is 0. The van der Waals surface area contributed by atoms with Crippen LogP contribution in [0.4, 0.5) is 0 Å². The molecule has 11 heavy (non-hydrogen) atoms. The highest BCUT2D eigenvalue weighted by Crippen LogP contribution is 2.39. The zero-order valence-corrected chi connectivity index (χ0v) is 7.43. The third-order valence-corrected chi connectivity index (χ3v) is 3.20. The monoisotopic (exact) mass is 148 g/mol. The third-order valence-electron chi connectivity index (χ3n) is 3.20. The summed E-state index contributed by atoms with van der Waals surface area (Å²) >= 11 is 0. The van der Waals surface area contributed by atoms with Crippen molar-refractivity contribution in [1.29, 1.82) is 0 Å². The highest BCUT2D eigenvalue weighted by Gasteiger charge is 2.24. The molecule has 0 heterocycles. The van der Waals surface area contributed by atoms with Crippen LogP contribution in [0.25, 0.3) is 0 Å². The second-order valence-electron chi connectivity index (χ2n) is 4.06. The molecule has 0 heteroatoms. The van der Waals surface area contributed by atoms with Gasteiger partial charge in [0.1, 0.15) is 0 Å². The van der Waals surface area contributed by atoms with E-state index in [1.165, 1.54) is 19.3 Å². The van der Waals surface area contributed by atoms with E-state index >= 15 is 0 Å². The largest absolute Gasteiger partial charge is 0.0772 e. The van der Waals surface area contributed by atoms with Crippen molar-refractivity contribution >= 4 is 0 Å². The molecule has 0 saturated heterocycles. The summed E-state index contributed by atoms with van der Waals surface area (Å²) in [4.78, 5) is 0. The zero-order chi connectivity index (χ0) is 7.84. The van der Waals surface area contributed by atoms with Crippen molar-refractivity contribution in [3.63, 3.8) is 0 Å². The van der Waals surface area contributed by atoms with Crippen molar-refractivity contribution in [2.45, 2.75) is 33.1 Å². The molecular formula is C11H16. The lowest BCUT2D eigenvalue weighted by molar-refractivity contribution is 0.360. The first-order valence-electron chi connectivity index (χ1n) is 4.66. The summed E-state index contributed by atoms with van der Waals surface area (Å²) in [6.07, 6.45) is 8.65. The quantitative estimate of drug-likeness (QED) is 0.494. The topological polar surface area (TPSA) is 0 Å². The van der Waals surface area contributed by atoms with Gasteiger partial charge in [0.2, 0.25) is 0 Å². The van der Waals surface area contributed by atoms with Crippen LogP contribution in [0.3, 0.4) is 0 Å². The van der Waals surface area contributed by atoms with Crippen molar-refractivity contribution < 1.29 is 0 Å². The molecule has 2 aliphatic carbocycles. The van der Waals surface area contributed by atoms with E-state index in [9.17, 15) is 0 Å². The first-order chi connectivity index (χ1) is 5.27. The van der Waals surface area contributed by atoms with Crippen LogP contribution in [-0.4, -0.2) is 0 Å². The zero-order valence-electron chi connectivity index (χ0n) is 7.43. The summed E-state index contributed by atoms with van der Waals surface area (Å²) in [5.74, 6) is 1.80. The standard InChI is InChI=1S/C11H16/c1-8-6-10-4-3-5-11(10)7-9(8)2/h4-5,8-9H,3,6-7H2,1-2H3/t8-,9+. The number of rotatable bonds is 0. The van der Waals surface area contributed by atoms with E-state index in [4.69, 9.17) is 0 Å². The van der Waals surface area contributed by atoms with Crippen LogP contribution in [0, 0.1) is 11.8 Å². The maximum atomic E-state index is 2.40. The Labute approximate surface area is 69.0 Å². The van der Waals surface area contributed by atoms with Crippen molar-refractivity contribution in [2.75, 3.05) is 0 Å². The molecule has 1 fully saturated rings. The molecular weight excluding hydrogens is 132 g/mol. The van der Waals surface area contributed by atoms with E-state index in [2.05, 4.69) is 26.0 Å². The molecule has 0 unspecified atom stereocenters. The highest BCUT2D eigenvalue weighted by molar-refractivity contribution is 5.39. The van der Waals surface area contributed by atoms with Gasteiger partial charge in [-0.05, 0) is 42.2 Å². The third kappa shape index (κ3) is 1.15. The van der Waals surface area contributed by atoms with Gasteiger partial charge in [0, 0.05) is 0 Å². The van der Waals surface area contributed by atoms with E-state index in [1.807, 2.05) is 0 Å². The van der Waals surface area contributed by atoms with Gasteiger partial charge in [-0.2, -0.15) is 0 Å². The maximum Gasteiger partial charge on any atom is -0.0157 e. The number of allylic oxidation sites excluding steroid dienone is 4. The first kappa shape index (κ1) is 7.15. The minimum absolute atomic E-state index is 0.900. The van der Waals surface area contributed by atoms with Crippen LogP contribution < -0.4 is 0 Å². The number of fused-ring (bicyclic) bond motifs is 1. The molecule has 0 amide bonds. The summed E-state index contributed by atoms with van der Waals surface area (Å²) in [5.41, 5.74) is 3.30. The van der Waals surface area contributed by atoms with Crippen molar-refractivity contribution in [2.24, 2.45) is 11.8 Å². The fourth-order valence-electron chi connectivity index (χ4n) is 2.13. The Kier molecular flexibility index (Phi) is 1.63. The average Bonchev–Trinajstić information content (AvgIpc) is 2.36. The molecule has 1 saturated carbocycles. The van der Waals surface area contributed by atoms with Crippen LogP contribution >= 0.6 is 0 Å². The summed E-state index contributed by atoms with van der Waals surface area (Å²) < 4.78 is 0. The summed E-state index contributed by atoms with van der Waals surface area (Å²) in [6.45, 7) is 4.75. The maximum absolute atomic E-state index is 2.40. The Bertz CT molecular complexity index is 196. The molecule has 2 atom stereocenters. The molecule has 0 aliphatic heterocycles. The predicted octanol–water partition coefficient (Wildman–Crippen LogP) is 3.31. The van der Waals surface area contributed by atoms with Crippen molar-refractivity contribution in [3.05, 3.63) is 23.3 Å². The van der Waals surface area contributed by atoms with E-state index in [1.54, 1.807) is 11.1 Å². The van der Waals surface area contributed by atoms with Crippen LogP contribution in [0.5, 0.6) is 0 Å². The Morgan fingerprint density at radius 1 is 1.00 bits per heavy atom. The molecule has 0 radical (unpaired) electrons. The Morgan fingerprint density at radius 2 is 1.45 bits per heavy atom.